The quantitative estimate of drug-likeness (QED) is 0.785. The number of aliphatic hydroxyl groups is 1. The van der Waals surface area contributed by atoms with Crippen LogP contribution in [0.1, 0.15) is 25.3 Å². The van der Waals surface area contributed by atoms with Gasteiger partial charge in [0.05, 0.1) is 6.61 Å². The maximum Gasteiger partial charge on any atom is 0.0508 e. The van der Waals surface area contributed by atoms with Crippen LogP contribution >= 0.6 is 0 Å². The third-order valence-corrected chi connectivity index (χ3v) is 4.15. The summed E-state index contributed by atoms with van der Waals surface area (Å²) in [7, 11) is 0. The van der Waals surface area contributed by atoms with Crippen molar-refractivity contribution in [2.24, 2.45) is 11.1 Å². The molecule has 1 aromatic carbocycles. The predicted molar refractivity (Wildman–Crippen MR) is 61.6 cm³/mol. The Bertz CT molecular complexity index is 332. The predicted octanol–water partition coefficient (Wildman–Crippen LogP) is 1.68. The number of hydrogen-bond donors (Lipinski definition) is 2. The second-order valence-corrected chi connectivity index (χ2v) is 4.62. The molecule has 0 amide bonds. The minimum Gasteiger partial charge on any atom is -0.396 e. The van der Waals surface area contributed by atoms with Gasteiger partial charge in [0.15, 0.2) is 0 Å². The molecule has 2 unspecified atom stereocenters. The Morgan fingerprint density at radius 2 is 2.00 bits per heavy atom. The van der Waals surface area contributed by atoms with Crippen molar-refractivity contribution < 1.29 is 5.11 Å². The molecule has 1 aliphatic rings. The Balaban J connectivity index is 2.35. The molecule has 1 aliphatic carbocycles. The SMILES string of the molecule is CCC1(c2ccccc2)CC1(CN)CO. The highest BCUT2D eigenvalue weighted by atomic mass is 16.3. The summed E-state index contributed by atoms with van der Waals surface area (Å²) in [5.74, 6) is 0. The molecule has 82 valence electrons. The summed E-state index contributed by atoms with van der Waals surface area (Å²) >= 11 is 0. The molecule has 2 heteroatoms. The van der Waals surface area contributed by atoms with Gasteiger partial charge in [0, 0.05) is 17.4 Å². The summed E-state index contributed by atoms with van der Waals surface area (Å²) in [6.45, 7) is 2.96. The van der Waals surface area contributed by atoms with E-state index in [2.05, 4.69) is 31.2 Å². The molecule has 3 N–H and O–H groups in total. The van der Waals surface area contributed by atoms with Gasteiger partial charge in [-0.15, -0.1) is 0 Å². The van der Waals surface area contributed by atoms with E-state index >= 15 is 0 Å². The molecule has 2 atom stereocenters. The molecule has 2 nitrogen and oxygen atoms in total. The van der Waals surface area contributed by atoms with Gasteiger partial charge in [-0.2, -0.15) is 0 Å². The fourth-order valence-corrected chi connectivity index (χ4v) is 2.94. The van der Waals surface area contributed by atoms with Gasteiger partial charge in [-0.1, -0.05) is 37.3 Å². The van der Waals surface area contributed by atoms with Crippen LogP contribution in [0.2, 0.25) is 0 Å². The summed E-state index contributed by atoms with van der Waals surface area (Å²) in [5.41, 5.74) is 7.19. The molecule has 0 saturated heterocycles. The lowest BCUT2D eigenvalue weighted by molar-refractivity contribution is 0.193. The third kappa shape index (κ3) is 1.32. The van der Waals surface area contributed by atoms with E-state index in [1.165, 1.54) is 5.56 Å². The smallest absolute Gasteiger partial charge is 0.0508 e. The lowest BCUT2D eigenvalue weighted by Gasteiger charge is -2.22. The van der Waals surface area contributed by atoms with E-state index in [0.717, 1.165) is 12.8 Å². The molecule has 0 bridgehead atoms. The number of nitrogens with two attached hydrogens (primary N) is 1. The maximum absolute atomic E-state index is 9.50. The lowest BCUT2D eigenvalue weighted by atomic mass is 9.84. The van der Waals surface area contributed by atoms with E-state index in [9.17, 15) is 5.11 Å². The Kier molecular flexibility index (Phi) is 2.57. The number of aliphatic hydroxyl groups excluding tert-OH is 1. The molecular formula is C13H19NO. The van der Waals surface area contributed by atoms with E-state index in [-0.39, 0.29) is 17.4 Å². The van der Waals surface area contributed by atoms with Crippen LogP contribution in [0.4, 0.5) is 0 Å². The van der Waals surface area contributed by atoms with Gasteiger partial charge in [-0.3, -0.25) is 0 Å². The van der Waals surface area contributed by atoms with Crippen LogP contribution in [-0.4, -0.2) is 18.3 Å². The van der Waals surface area contributed by atoms with Gasteiger partial charge in [0.2, 0.25) is 0 Å². The second kappa shape index (κ2) is 3.62. The van der Waals surface area contributed by atoms with Crippen LogP contribution in [0, 0.1) is 5.41 Å². The fourth-order valence-electron chi connectivity index (χ4n) is 2.94. The summed E-state index contributed by atoms with van der Waals surface area (Å²) in [5, 5.41) is 9.50. The lowest BCUT2D eigenvalue weighted by Crippen LogP contribution is -2.29. The van der Waals surface area contributed by atoms with Crippen molar-refractivity contribution in [1.82, 2.24) is 0 Å². The minimum absolute atomic E-state index is 0.0664. The number of benzene rings is 1. The van der Waals surface area contributed by atoms with Crippen LogP contribution in [-0.2, 0) is 5.41 Å². The summed E-state index contributed by atoms with van der Waals surface area (Å²) < 4.78 is 0. The average molecular weight is 205 g/mol. The summed E-state index contributed by atoms with van der Waals surface area (Å²) in [6.07, 6.45) is 2.07. The van der Waals surface area contributed by atoms with Gasteiger partial charge in [0.25, 0.3) is 0 Å². The zero-order valence-electron chi connectivity index (χ0n) is 9.24. The number of rotatable bonds is 4. The molecule has 0 aliphatic heterocycles. The van der Waals surface area contributed by atoms with Gasteiger partial charge >= 0.3 is 0 Å². The highest BCUT2D eigenvalue weighted by molar-refractivity contribution is 5.38. The first kappa shape index (κ1) is 10.7. The van der Waals surface area contributed by atoms with Crippen molar-refractivity contribution in [2.45, 2.75) is 25.2 Å². The average Bonchev–Trinajstić information content (AvgIpc) is 3.01. The van der Waals surface area contributed by atoms with Crippen LogP contribution in [0.5, 0.6) is 0 Å². The van der Waals surface area contributed by atoms with Crippen molar-refractivity contribution in [3.63, 3.8) is 0 Å². The molecule has 2 rings (SSSR count). The summed E-state index contributed by atoms with van der Waals surface area (Å²) in [4.78, 5) is 0. The van der Waals surface area contributed by atoms with Gasteiger partial charge in [-0.05, 0) is 18.4 Å². The Hall–Kier alpha value is -0.860. The molecule has 1 saturated carbocycles. The first-order chi connectivity index (χ1) is 7.24. The van der Waals surface area contributed by atoms with E-state index in [1.54, 1.807) is 0 Å². The van der Waals surface area contributed by atoms with Crippen molar-refractivity contribution >= 4 is 0 Å². The Labute approximate surface area is 91.1 Å². The van der Waals surface area contributed by atoms with Crippen molar-refractivity contribution in [1.29, 1.82) is 0 Å². The van der Waals surface area contributed by atoms with Crippen LogP contribution in [0.25, 0.3) is 0 Å². The minimum atomic E-state index is -0.0664. The normalized spacial score (nSPS) is 34.1. The van der Waals surface area contributed by atoms with E-state index in [0.29, 0.717) is 6.54 Å². The third-order valence-electron chi connectivity index (χ3n) is 4.15. The standard InChI is InChI=1S/C13H19NO/c1-2-13(8-12(13,9-14)10-15)11-6-4-3-5-7-11/h3-7,15H,2,8-10,14H2,1H3. The molecular weight excluding hydrogens is 186 g/mol. The van der Waals surface area contributed by atoms with Gasteiger partial charge in [-0.25, -0.2) is 0 Å². The second-order valence-electron chi connectivity index (χ2n) is 4.62. The first-order valence-electron chi connectivity index (χ1n) is 5.61. The van der Waals surface area contributed by atoms with Gasteiger partial charge < -0.3 is 10.8 Å². The van der Waals surface area contributed by atoms with Crippen molar-refractivity contribution in [3.8, 4) is 0 Å². The zero-order chi connectivity index (χ0) is 10.9. The Morgan fingerprint density at radius 3 is 2.40 bits per heavy atom. The van der Waals surface area contributed by atoms with Crippen LogP contribution < -0.4 is 5.73 Å². The van der Waals surface area contributed by atoms with E-state index in [1.807, 2.05) is 6.07 Å². The van der Waals surface area contributed by atoms with Crippen LogP contribution in [0.15, 0.2) is 30.3 Å². The fraction of sp³-hybridized carbons (Fsp3) is 0.538. The molecule has 0 spiro atoms. The van der Waals surface area contributed by atoms with E-state index < -0.39 is 0 Å². The molecule has 15 heavy (non-hydrogen) atoms. The zero-order valence-corrected chi connectivity index (χ0v) is 9.24. The molecule has 1 fully saturated rings. The van der Waals surface area contributed by atoms with E-state index in [4.69, 9.17) is 5.73 Å². The maximum atomic E-state index is 9.50. The molecule has 0 heterocycles. The Morgan fingerprint density at radius 1 is 1.33 bits per heavy atom. The topological polar surface area (TPSA) is 46.2 Å². The summed E-state index contributed by atoms with van der Waals surface area (Å²) in [6, 6.07) is 10.4. The molecule has 0 aromatic heterocycles. The molecule has 1 aromatic rings. The highest BCUT2D eigenvalue weighted by Crippen LogP contribution is 2.65. The highest BCUT2D eigenvalue weighted by Gasteiger charge is 2.65. The first-order valence-corrected chi connectivity index (χ1v) is 5.61. The van der Waals surface area contributed by atoms with Crippen molar-refractivity contribution in [2.75, 3.05) is 13.2 Å². The van der Waals surface area contributed by atoms with Crippen molar-refractivity contribution in [3.05, 3.63) is 35.9 Å². The van der Waals surface area contributed by atoms with Gasteiger partial charge in [0.1, 0.15) is 0 Å². The number of hydrogen-bond acceptors (Lipinski definition) is 2. The van der Waals surface area contributed by atoms with Crippen LogP contribution in [0.3, 0.4) is 0 Å². The largest absolute Gasteiger partial charge is 0.396 e. The molecule has 0 radical (unpaired) electrons. The monoisotopic (exact) mass is 205 g/mol.